The summed E-state index contributed by atoms with van der Waals surface area (Å²) in [6, 6.07) is 0. The minimum Gasteiger partial charge on any atom is -0.346 e. The quantitative estimate of drug-likeness (QED) is 0.606. The summed E-state index contributed by atoms with van der Waals surface area (Å²) in [5, 5.41) is 0. The topological polar surface area (TPSA) is 35.5 Å². The maximum absolute atomic E-state index is 12.5. The van der Waals surface area contributed by atoms with Gasteiger partial charge in [0.2, 0.25) is 0 Å². The van der Waals surface area contributed by atoms with Gasteiger partial charge >= 0.3 is 0 Å². The van der Waals surface area contributed by atoms with Crippen LogP contribution in [0.4, 0.5) is 0 Å². The highest BCUT2D eigenvalue weighted by Gasteiger charge is 2.59. The van der Waals surface area contributed by atoms with E-state index in [9.17, 15) is 4.79 Å². The van der Waals surface area contributed by atoms with Crippen LogP contribution in [0.15, 0.2) is 12.2 Å². The Morgan fingerprint density at radius 3 is 2.53 bits per heavy atom. The monoisotopic (exact) mass is 236 g/mol. The van der Waals surface area contributed by atoms with Gasteiger partial charge in [0.05, 0.1) is 18.6 Å². The van der Waals surface area contributed by atoms with E-state index in [-0.39, 0.29) is 0 Å². The second-order valence-corrected chi connectivity index (χ2v) is 5.40. The molecule has 0 aromatic heterocycles. The smallest absolute Gasteiger partial charge is 0.181 e. The van der Waals surface area contributed by atoms with Crippen LogP contribution in [0, 0.1) is 5.41 Å². The second-order valence-electron chi connectivity index (χ2n) is 5.40. The van der Waals surface area contributed by atoms with Crippen LogP contribution >= 0.6 is 0 Å². The predicted molar refractivity (Wildman–Crippen MR) is 63.5 cm³/mol. The van der Waals surface area contributed by atoms with Gasteiger partial charge in [-0.15, -0.1) is 0 Å². The molecule has 94 valence electrons. The summed E-state index contributed by atoms with van der Waals surface area (Å²) in [6.07, 6.45) is 10.7. The number of hydrogen-bond donors (Lipinski definition) is 0. The molecule has 1 atom stereocenters. The fourth-order valence-electron chi connectivity index (χ4n) is 3.66. The number of hydrogen-bond acceptors (Lipinski definition) is 3. The highest BCUT2D eigenvalue weighted by atomic mass is 16.7. The molecule has 3 nitrogen and oxygen atoms in total. The Balaban J connectivity index is 2.02. The number of fused-ring (bicyclic) bond motifs is 1. The molecule has 1 heterocycles. The SMILES string of the molecule is O=C1CC=CCC12CCCCCC21OCCO1. The molecule has 0 N–H and O–H groups in total. The Hall–Kier alpha value is -0.670. The van der Waals surface area contributed by atoms with E-state index < -0.39 is 11.2 Å². The second kappa shape index (κ2) is 4.21. The van der Waals surface area contributed by atoms with E-state index in [1.165, 1.54) is 6.42 Å². The molecule has 0 aromatic rings. The van der Waals surface area contributed by atoms with Gasteiger partial charge in [-0.25, -0.2) is 0 Å². The molecule has 17 heavy (non-hydrogen) atoms. The first-order valence-electron chi connectivity index (χ1n) is 6.75. The van der Waals surface area contributed by atoms with Crippen molar-refractivity contribution in [3.8, 4) is 0 Å². The number of carbonyl (C=O) groups excluding carboxylic acids is 1. The molecule has 0 amide bonds. The van der Waals surface area contributed by atoms with E-state index in [1.807, 2.05) is 6.08 Å². The summed E-state index contributed by atoms with van der Waals surface area (Å²) in [6.45, 7) is 1.28. The predicted octanol–water partition coefficient (Wildman–Crippen LogP) is 2.60. The maximum Gasteiger partial charge on any atom is 0.181 e. The van der Waals surface area contributed by atoms with Crippen LogP contribution in [-0.4, -0.2) is 24.8 Å². The fourth-order valence-corrected chi connectivity index (χ4v) is 3.66. The van der Waals surface area contributed by atoms with Gasteiger partial charge < -0.3 is 9.47 Å². The average Bonchev–Trinajstić information content (AvgIpc) is 2.73. The van der Waals surface area contributed by atoms with Crippen molar-refractivity contribution in [3.05, 3.63) is 12.2 Å². The lowest BCUT2D eigenvalue weighted by Crippen LogP contribution is -2.54. The number of carbonyl (C=O) groups is 1. The molecule has 1 saturated carbocycles. The molecule has 3 rings (SSSR count). The lowest BCUT2D eigenvalue weighted by Gasteiger charge is -2.45. The van der Waals surface area contributed by atoms with Crippen molar-refractivity contribution in [3.63, 3.8) is 0 Å². The highest BCUT2D eigenvalue weighted by Crippen LogP contribution is 2.52. The number of Topliss-reactive ketones (excluding diaryl/α,β-unsaturated/α-hetero) is 1. The van der Waals surface area contributed by atoms with E-state index in [0.717, 1.165) is 32.1 Å². The van der Waals surface area contributed by atoms with Crippen LogP contribution in [0.1, 0.15) is 44.9 Å². The first-order chi connectivity index (χ1) is 8.29. The summed E-state index contributed by atoms with van der Waals surface area (Å²) < 4.78 is 11.9. The van der Waals surface area contributed by atoms with Gasteiger partial charge in [0.25, 0.3) is 0 Å². The van der Waals surface area contributed by atoms with Crippen LogP contribution in [0.2, 0.25) is 0 Å². The lowest BCUT2D eigenvalue weighted by molar-refractivity contribution is -0.236. The summed E-state index contributed by atoms with van der Waals surface area (Å²) >= 11 is 0. The Morgan fingerprint density at radius 2 is 1.76 bits per heavy atom. The Morgan fingerprint density at radius 1 is 1.00 bits per heavy atom. The standard InChI is InChI=1S/C14H20O3/c15-12-6-2-5-8-13(12)7-3-1-4-9-14(13)16-10-11-17-14/h2,5H,1,3-4,6-11H2. The van der Waals surface area contributed by atoms with Gasteiger partial charge in [-0.2, -0.15) is 0 Å². The lowest BCUT2D eigenvalue weighted by atomic mass is 9.66. The molecular formula is C14H20O3. The van der Waals surface area contributed by atoms with Crippen LogP contribution in [0.3, 0.4) is 0 Å². The van der Waals surface area contributed by atoms with Crippen LogP contribution in [0.5, 0.6) is 0 Å². The van der Waals surface area contributed by atoms with Gasteiger partial charge in [0.1, 0.15) is 5.78 Å². The zero-order valence-electron chi connectivity index (χ0n) is 10.2. The number of ketones is 1. The van der Waals surface area contributed by atoms with E-state index >= 15 is 0 Å². The third kappa shape index (κ3) is 1.59. The summed E-state index contributed by atoms with van der Waals surface area (Å²) in [5.74, 6) is -0.283. The van der Waals surface area contributed by atoms with Crippen LogP contribution in [-0.2, 0) is 14.3 Å². The zero-order chi connectivity index (χ0) is 11.8. The van der Waals surface area contributed by atoms with Crippen molar-refractivity contribution < 1.29 is 14.3 Å². The highest BCUT2D eigenvalue weighted by molar-refractivity contribution is 5.88. The molecule has 1 saturated heterocycles. The average molecular weight is 236 g/mol. The number of allylic oxidation sites excluding steroid dienone is 2. The molecule has 1 unspecified atom stereocenters. The van der Waals surface area contributed by atoms with Crippen molar-refractivity contribution >= 4 is 5.78 Å². The summed E-state index contributed by atoms with van der Waals surface area (Å²) in [5.41, 5.74) is -0.394. The normalized spacial score (nSPS) is 36.6. The van der Waals surface area contributed by atoms with Crippen molar-refractivity contribution in [2.75, 3.05) is 13.2 Å². The van der Waals surface area contributed by atoms with Gasteiger partial charge in [-0.1, -0.05) is 25.0 Å². The number of rotatable bonds is 0. The van der Waals surface area contributed by atoms with E-state index in [2.05, 4.69) is 6.08 Å². The first-order valence-corrected chi connectivity index (χ1v) is 6.75. The minimum absolute atomic E-state index is 0.323. The van der Waals surface area contributed by atoms with Crippen LogP contribution < -0.4 is 0 Å². The molecule has 2 aliphatic carbocycles. The number of ether oxygens (including phenoxy) is 2. The molecule has 3 heteroatoms. The third-order valence-electron chi connectivity index (χ3n) is 4.56. The third-order valence-corrected chi connectivity index (χ3v) is 4.56. The Bertz CT molecular complexity index is 341. The summed E-state index contributed by atoms with van der Waals surface area (Å²) in [4.78, 5) is 12.5. The largest absolute Gasteiger partial charge is 0.346 e. The minimum atomic E-state index is -0.606. The summed E-state index contributed by atoms with van der Waals surface area (Å²) in [7, 11) is 0. The van der Waals surface area contributed by atoms with E-state index in [1.54, 1.807) is 0 Å². The van der Waals surface area contributed by atoms with E-state index in [4.69, 9.17) is 9.47 Å². The molecule has 0 radical (unpaired) electrons. The molecule has 1 aliphatic heterocycles. The van der Waals surface area contributed by atoms with Gasteiger partial charge in [-0.05, 0) is 19.3 Å². The zero-order valence-corrected chi connectivity index (χ0v) is 10.2. The fraction of sp³-hybridized carbons (Fsp3) is 0.786. The maximum atomic E-state index is 12.5. The van der Waals surface area contributed by atoms with Gasteiger partial charge in [-0.3, -0.25) is 4.79 Å². The Labute approximate surface area is 102 Å². The van der Waals surface area contributed by atoms with Crippen molar-refractivity contribution in [2.24, 2.45) is 5.41 Å². The molecule has 0 aromatic carbocycles. The molecular weight excluding hydrogens is 216 g/mol. The molecule has 2 spiro atoms. The Kier molecular flexibility index (Phi) is 2.83. The molecule has 3 aliphatic rings. The van der Waals surface area contributed by atoms with Crippen molar-refractivity contribution in [2.45, 2.75) is 50.7 Å². The van der Waals surface area contributed by atoms with Gasteiger partial charge in [0.15, 0.2) is 5.79 Å². The van der Waals surface area contributed by atoms with Crippen LogP contribution in [0.25, 0.3) is 0 Å². The molecule has 0 bridgehead atoms. The first kappa shape index (κ1) is 11.4. The molecule has 2 fully saturated rings. The van der Waals surface area contributed by atoms with Crippen molar-refractivity contribution in [1.29, 1.82) is 0 Å². The van der Waals surface area contributed by atoms with Crippen molar-refractivity contribution in [1.82, 2.24) is 0 Å². The van der Waals surface area contributed by atoms with E-state index in [0.29, 0.717) is 25.4 Å². The van der Waals surface area contributed by atoms with Gasteiger partial charge in [0, 0.05) is 12.8 Å².